The lowest BCUT2D eigenvalue weighted by Gasteiger charge is -2.05. The van der Waals surface area contributed by atoms with Crippen molar-refractivity contribution in [2.24, 2.45) is 0 Å². The lowest BCUT2D eigenvalue weighted by Crippen LogP contribution is -1.95. The normalized spacial score (nSPS) is 11.2. The van der Waals surface area contributed by atoms with Gasteiger partial charge >= 0.3 is 0 Å². The number of anilines is 1. The van der Waals surface area contributed by atoms with Crippen LogP contribution in [0.5, 0.6) is 0 Å². The molecule has 0 bridgehead atoms. The monoisotopic (exact) mass is 261 g/mol. The van der Waals surface area contributed by atoms with Crippen LogP contribution < -0.4 is 5.73 Å². The molecule has 4 aromatic rings. The predicted octanol–water partition coefficient (Wildman–Crippen LogP) is 2.76. The molecule has 0 aliphatic heterocycles. The molecule has 0 fully saturated rings. The van der Waals surface area contributed by atoms with Crippen molar-refractivity contribution in [3.63, 3.8) is 0 Å². The molecular formula is C15H11N5. The quantitative estimate of drug-likeness (QED) is 0.552. The first-order valence-electron chi connectivity index (χ1n) is 6.27. The second-order valence-electron chi connectivity index (χ2n) is 4.56. The summed E-state index contributed by atoms with van der Waals surface area (Å²) in [7, 11) is 0. The van der Waals surface area contributed by atoms with Gasteiger partial charge in [-0.15, -0.1) is 0 Å². The summed E-state index contributed by atoms with van der Waals surface area (Å²) in [6, 6.07) is 11.6. The van der Waals surface area contributed by atoms with Crippen LogP contribution in [0.3, 0.4) is 0 Å². The number of aromatic nitrogens is 4. The topological polar surface area (TPSA) is 80.5 Å². The van der Waals surface area contributed by atoms with Gasteiger partial charge in [0.2, 0.25) is 0 Å². The molecule has 5 nitrogen and oxygen atoms in total. The van der Waals surface area contributed by atoms with Crippen LogP contribution in [0, 0.1) is 0 Å². The Labute approximate surface area is 114 Å². The first kappa shape index (κ1) is 10.9. The smallest absolute Gasteiger partial charge is 0.178 e. The molecule has 0 saturated carbocycles. The average Bonchev–Trinajstić information content (AvgIpc) is 2.91. The molecule has 20 heavy (non-hydrogen) atoms. The maximum Gasteiger partial charge on any atom is 0.178 e. The summed E-state index contributed by atoms with van der Waals surface area (Å²) in [6.45, 7) is 0. The zero-order valence-corrected chi connectivity index (χ0v) is 10.5. The van der Waals surface area contributed by atoms with E-state index in [2.05, 4.69) is 19.9 Å². The molecular weight excluding hydrogens is 250 g/mol. The lowest BCUT2D eigenvalue weighted by molar-refractivity contribution is 1.29. The van der Waals surface area contributed by atoms with Gasteiger partial charge in [0.15, 0.2) is 5.65 Å². The largest absolute Gasteiger partial charge is 0.398 e. The fourth-order valence-corrected chi connectivity index (χ4v) is 2.32. The fraction of sp³-hybridized carbons (Fsp3) is 0. The van der Waals surface area contributed by atoms with Gasteiger partial charge in [0.05, 0.1) is 22.3 Å². The van der Waals surface area contributed by atoms with Crippen molar-refractivity contribution >= 4 is 27.8 Å². The van der Waals surface area contributed by atoms with Gasteiger partial charge in [-0.05, 0) is 18.2 Å². The van der Waals surface area contributed by atoms with Gasteiger partial charge in [-0.25, -0.2) is 9.97 Å². The number of nitrogens with two attached hydrogens (primary N) is 1. The molecule has 0 unspecified atom stereocenters. The van der Waals surface area contributed by atoms with E-state index in [0.29, 0.717) is 17.2 Å². The van der Waals surface area contributed by atoms with Crippen LogP contribution in [0.4, 0.5) is 5.69 Å². The highest BCUT2D eigenvalue weighted by Crippen LogP contribution is 2.30. The van der Waals surface area contributed by atoms with E-state index in [9.17, 15) is 0 Å². The number of nitrogens with one attached hydrogen (secondary N) is 1. The Balaban J connectivity index is 1.99. The Hall–Kier alpha value is -2.95. The first-order chi connectivity index (χ1) is 9.83. The van der Waals surface area contributed by atoms with E-state index in [1.807, 2.05) is 36.4 Å². The van der Waals surface area contributed by atoms with E-state index in [1.165, 1.54) is 0 Å². The molecule has 5 heteroatoms. The Morgan fingerprint density at radius 2 is 1.90 bits per heavy atom. The molecule has 0 aliphatic rings. The van der Waals surface area contributed by atoms with Gasteiger partial charge in [-0.3, -0.25) is 4.98 Å². The number of benzene rings is 1. The van der Waals surface area contributed by atoms with Crippen LogP contribution in [0.25, 0.3) is 33.5 Å². The van der Waals surface area contributed by atoms with E-state index in [-0.39, 0.29) is 0 Å². The Morgan fingerprint density at radius 3 is 2.80 bits per heavy atom. The molecule has 3 aromatic heterocycles. The van der Waals surface area contributed by atoms with Crippen molar-refractivity contribution < 1.29 is 0 Å². The second-order valence-corrected chi connectivity index (χ2v) is 4.56. The number of rotatable bonds is 1. The standard InChI is InChI=1S/C15H11N5/c16-13-9-4-1-2-5-11(9)18-8-10(13)14-19-12-6-3-7-17-15(12)20-14/h1-8H,(H2,16,18)(H,17,19,20). The van der Waals surface area contributed by atoms with Gasteiger partial charge in [-0.2, -0.15) is 0 Å². The number of hydrogen-bond acceptors (Lipinski definition) is 4. The Morgan fingerprint density at radius 1 is 1.00 bits per heavy atom. The van der Waals surface area contributed by atoms with Crippen molar-refractivity contribution in [1.29, 1.82) is 0 Å². The molecule has 4 rings (SSSR count). The van der Waals surface area contributed by atoms with Crippen LogP contribution in [-0.4, -0.2) is 19.9 Å². The van der Waals surface area contributed by atoms with Crippen molar-refractivity contribution in [3.05, 3.63) is 48.8 Å². The highest BCUT2D eigenvalue weighted by molar-refractivity contribution is 5.97. The predicted molar refractivity (Wildman–Crippen MR) is 79.0 cm³/mol. The number of fused-ring (bicyclic) bond motifs is 2. The van der Waals surface area contributed by atoms with E-state index in [0.717, 1.165) is 22.0 Å². The highest BCUT2D eigenvalue weighted by atomic mass is 15.0. The number of hydrogen-bond donors (Lipinski definition) is 2. The maximum atomic E-state index is 6.25. The summed E-state index contributed by atoms with van der Waals surface area (Å²) in [5.74, 6) is 0.689. The van der Waals surface area contributed by atoms with Crippen LogP contribution in [0.15, 0.2) is 48.8 Å². The minimum absolute atomic E-state index is 0.676. The van der Waals surface area contributed by atoms with Crippen molar-refractivity contribution in [1.82, 2.24) is 19.9 Å². The van der Waals surface area contributed by atoms with E-state index >= 15 is 0 Å². The molecule has 3 heterocycles. The third kappa shape index (κ3) is 1.53. The molecule has 0 saturated heterocycles. The van der Waals surface area contributed by atoms with Crippen LogP contribution in [0.1, 0.15) is 0 Å². The lowest BCUT2D eigenvalue weighted by atomic mass is 10.1. The fourth-order valence-electron chi connectivity index (χ4n) is 2.32. The third-order valence-corrected chi connectivity index (χ3v) is 3.33. The van der Waals surface area contributed by atoms with E-state index in [1.54, 1.807) is 12.4 Å². The maximum absolute atomic E-state index is 6.25. The number of nitrogens with zero attached hydrogens (tertiary/aromatic N) is 3. The van der Waals surface area contributed by atoms with Gasteiger partial charge in [-0.1, -0.05) is 18.2 Å². The number of H-pyrrole nitrogens is 1. The molecule has 0 aliphatic carbocycles. The average molecular weight is 261 g/mol. The SMILES string of the molecule is Nc1c(-c2nc3ncccc3[nH]2)cnc2ccccc12. The summed E-state index contributed by atoms with van der Waals surface area (Å²) in [6.07, 6.45) is 3.46. The summed E-state index contributed by atoms with van der Waals surface area (Å²) >= 11 is 0. The molecule has 0 amide bonds. The Kier molecular flexibility index (Phi) is 2.20. The molecule has 3 N–H and O–H groups in total. The molecule has 1 aromatic carbocycles. The van der Waals surface area contributed by atoms with Crippen molar-refractivity contribution in [2.75, 3.05) is 5.73 Å². The van der Waals surface area contributed by atoms with Gasteiger partial charge in [0.25, 0.3) is 0 Å². The second kappa shape index (κ2) is 4.03. The molecule has 0 atom stereocenters. The van der Waals surface area contributed by atoms with Crippen LogP contribution >= 0.6 is 0 Å². The summed E-state index contributed by atoms with van der Waals surface area (Å²) in [5.41, 5.74) is 10.2. The zero-order chi connectivity index (χ0) is 13.5. The summed E-state index contributed by atoms with van der Waals surface area (Å²) in [4.78, 5) is 16.3. The van der Waals surface area contributed by atoms with Crippen molar-refractivity contribution in [3.8, 4) is 11.4 Å². The number of aromatic amines is 1. The number of nitrogen functional groups attached to an aromatic ring is 1. The van der Waals surface area contributed by atoms with Crippen molar-refractivity contribution in [2.45, 2.75) is 0 Å². The molecule has 0 spiro atoms. The van der Waals surface area contributed by atoms with Gasteiger partial charge < -0.3 is 10.7 Å². The zero-order valence-electron chi connectivity index (χ0n) is 10.5. The third-order valence-electron chi connectivity index (χ3n) is 3.33. The van der Waals surface area contributed by atoms with E-state index < -0.39 is 0 Å². The van der Waals surface area contributed by atoms with Crippen LogP contribution in [-0.2, 0) is 0 Å². The number of pyridine rings is 2. The van der Waals surface area contributed by atoms with Gasteiger partial charge in [0.1, 0.15) is 5.82 Å². The van der Waals surface area contributed by atoms with E-state index in [4.69, 9.17) is 5.73 Å². The Bertz CT molecular complexity index is 893. The van der Waals surface area contributed by atoms with Gasteiger partial charge in [0, 0.05) is 17.8 Å². The summed E-state index contributed by atoms with van der Waals surface area (Å²) in [5, 5.41) is 0.929. The minimum atomic E-state index is 0.676. The highest BCUT2D eigenvalue weighted by Gasteiger charge is 2.11. The summed E-state index contributed by atoms with van der Waals surface area (Å²) < 4.78 is 0. The minimum Gasteiger partial charge on any atom is -0.398 e. The molecule has 96 valence electrons. The molecule has 0 radical (unpaired) electrons. The number of para-hydroxylation sites is 1. The first-order valence-corrected chi connectivity index (χ1v) is 6.27. The number of imidazole rings is 1. The van der Waals surface area contributed by atoms with Crippen LogP contribution in [0.2, 0.25) is 0 Å².